The largest absolute Gasteiger partial charge is 0.366 e. The predicted molar refractivity (Wildman–Crippen MR) is 152 cm³/mol. The monoisotopic (exact) mass is 486 g/mol. The summed E-state index contributed by atoms with van der Waals surface area (Å²) in [7, 11) is 3.88. The Hall–Kier alpha value is 0.0349. The van der Waals surface area contributed by atoms with E-state index in [1.807, 2.05) is 26.4 Å². The SMILES string of the molecule is CC.[B]CCCCCCOS(C)(C)OC(O)CCCCCCC/C=C\CCCCCCCC. The minimum atomic E-state index is -1.63. The number of aliphatic hydroxyl groups excluding tert-OH is 1. The van der Waals surface area contributed by atoms with Crippen LogP contribution < -0.4 is 0 Å². The van der Waals surface area contributed by atoms with Crippen molar-refractivity contribution >= 4 is 18.4 Å². The quantitative estimate of drug-likeness (QED) is 0.0639. The second-order valence-electron chi connectivity index (χ2n) is 9.09. The average molecular weight is 487 g/mol. The summed E-state index contributed by atoms with van der Waals surface area (Å²) in [5.74, 6) is 0. The molecule has 0 aliphatic carbocycles. The number of rotatable bonds is 24. The van der Waals surface area contributed by atoms with Crippen molar-refractivity contribution in [3.8, 4) is 0 Å². The third kappa shape index (κ3) is 30.0. The van der Waals surface area contributed by atoms with Crippen LogP contribution in [0.15, 0.2) is 12.2 Å². The van der Waals surface area contributed by atoms with Crippen molar-refractivity contribution < 1.29 is 13.5 Å². The van der Waals surface area contributed by atoms with Crippen LogP contribution in [-0.2, 0) is 8.37 Å². The predicted octanol–water partition coefficient (Wildman–Crippen LogP) is 9.44. The summed E-state index contributed by atoms with van der Waals surface area (Å²) in [6, 6.07) is 0. The van der Waals surface area contributed by atoms with Gasteiger partial charge in [-0.2, -0.15) is 10.6 Å². The number of hydrogen-bond donors (Lipinski definition) is 1. The van der Waals surface area contributed by atoms with E-state index in [2.05, 4.69) is 19.1 Å². The first-order valence-electron chi connectivity index (χ1n) is 14.1. The highest BCUT2D eigenvalue weighted by Gasteiger charge is 2.15. The highest BCUT2D eigenvalue weighted by Crippen LogP contribution is 2.44. The molecule has 0 heterocycles. The Balaban J connectivity index is 0. The van der Waals surface area contributed by atoms with Gasteiger partial charge in [0.2, 0.25) is 0 Å². The molecule has 1 N–H and O–H groups in total. The van der Waals surface area contributed by atoms with Gasteiger partial charge in [0.1, 0.15) is 0 Å². The summed E-state index contributed by atoms with van der Waals surface area (Å²) in [5.41, 5.74) is 0. The number of allylic oxidation sites excluding steroid dienone is 2. The molecule has 0 aromatic rings. The van der Waals surface area contributed by atoms with Crippen LogP contribution in [0.1, 0.15) is 136 Å². The number of unbranched alkanes of at least 4 members (excludes halogenated alkanes) is 14. The van der Waals surface area contributed by atoms with Gasteiger partial charge in [-0.15, -0.1) is 0 Å². The van der Waals surface area contributed by atoms with Crippen molar-refractivity contribution in [2.24, 2.45) is 0 Å². The van der Waals surface area contributed by atoms with Crippen molar-refractivity contribution in [1.82, 2.24) is 0 Å². The molecule has 5 heteroatoms. The van der Waals surface area contributed by atoms with E-state index in [9.17, 15) is 5.11 Å². The van der Waals surface area contributed by atoms with Gasteiger partial charge in [0, 0.05) is 18.9 Å². The van der Waals surface area contributed by atoms with E-state index in [1.54, 1.807) is 0 Å². The van der Waals surface area contributed by atoms with Crippen molar-refractivity contribution in [2.45, 2.75) is 149 Å². The molecule has 198 valence electrons. The van der Waals surface area contributed by atoms with Crippen LogP contribution in [0.25, 0.3) is 0 Å². The molecule has 0 aromatic carbocycles. The lowest BCUT2D eigenvalue weighted by Gasteiger charge is -2.37. The summed E-state index contributed by atoms with van der Waals surface area (Å²) in [6.45, 7) is 6.97. The van der Waals surface area contributed by atoms with E-state index < -0.39 is 16.9 Å². The second-order valence-corrected chi connectivity index (χ2v) is 11.8. The van der Waals surface area contributed by atoms with Gasteiger partial charge in [-0.3, -0.25) is 8.37 Å². The molecule has 3 nitrogen and oxygen atoms in total. The lowest BCUT2D eigenvalue weighted by atomic mass is 9.99. The van der Waals surface area contributed by atoms with Crippen molar-refractivity contribution in [1.29, 1.82) is 0 Å². The molecule has 1 unspecified atom stereocenters. The lowest BCUT2D eigenvalue weighted by Crippen LogP contribution is -2.17. The van der Waals surface area contributed by atoms with Gasteiger partial charge in [0.15, 0.2) is 6.29 Å². The molecule has 0 aliphatic heterocycles. The molecule has 0 aliphatic rings. The van der Waals surface area contributed by atoms with Gasteiger partial charge < -0.3 is 5.11 Å². The number of aliphatic hydroxyl groups is 1. The average Bonchev–Trinajstić information content (AvgIpc) is 2.79. The minimum absolute atomic E-state index is 0.701. The van der Waals surface area contributed by atoms with Gasteiger partial charge >= 0.3 is 0 Å². The molecule has 33 heavy (non-hydrogen) atoms. The highest BCUT2D eigenvalue weighted by atomic mass is 32.3. The standard InChI is InChI=1S/C26H53BO3S.C2H6/c1-4-5-6-7-8-9-10-11-12-13-14-15-16-17-20-23-26(28)30-31(2,3)29-25-22-19-18-21-24-27;1-2/h11-12,26,28H,4-10,13-25H2,1-3H3;1-2H3/b12-11-;. The maximum Gasteiger partial charge on any atom is 0.177 e. The van der Waals surface area contributed by atoms with Gasteiger partial charge in [0.05, 0.1) is 14.5 Å². The van der Waals surface area contributed by atoms with E-state index in [-0.39, 0.29) is 0 Å². The van der Waals surface area contributed by atoms with E-state index in [1.165, 1.54) is 77.0 Å². The Morgan fingerprint density at radius 3 is 1.79 bits per heavy atom. The van der Waals surface area contributed by atoms with Crippen LogP contribution in [0.3, 0.4) is 0 Å². The van der Waals surface area contributed by atoms with Crippen LogP contribution >= 0.6 is 10.6 Å². The van der Waals surface area contributed by atoms with Crippen molar-refractivity contribution in [3.63, 3.8) is 0 Å². The van der Waals surface area contributed by atoms with Crippen LogP contribution in [0.4, 0.5) is 0 Å². The van der Waals surface area contributed by atoms with E-state index in [0.717, 1.165) is 38.4 Å². The Labute approximate surface area is 212 Å². The Bertz CT molecular complexity index is 391. The Morgan fingerprint density at radius 2 is 1.21 bits per heavy atom. The van der Waals surface area contributed by atoms with Crippen LogP contribution in [0, 0.1) is 0 Å². The minimum Gasteiger partial charge on any atom is -0.366 e. The zero-order valence-electron chi connectivity index (χ0n) is 23.1. The Morgan fingerprint density at radius 1 is 0.727 bits per heavy atom. The summed E-state index contributed by atoms with van der Waals surface area (Å²) < 4.78 is 11.6. The molecule has 0 rings (SSSR count). The normalized spacial score (nSPS) is 13.2. The first-order chi connectivity index (χ1) is 16.0. The van der Waals surface area contributed by atoms with Crippen LogP contribution in [-0.4, -0.2) is 38.4 Å². The van der Waals surface area contributed by atoms with Crippen LogP contribution in [0.5, 0.6) is 0 Å². The first kappa shape index (κ1) is 35.2. The fourth-order valence-corrected chi connectivity index (χ4v) is 4.80. The zero-order chi connectivity index (χ0) is 25.0. The smallest absolute Gasteiger partial charge is 0.177 e. The first-order valence-corrected chi connectivity index (χ1v) is 16.4. The summed E-state index contributed by atoms with van der Waals surface area (Å²) in [5, 5.41) is 10.2. The molecule has 2 radical (unpaired) electrons. The van der Waals surface area contributed by atoms with Crippen molar-refractivity contribution in [3.05, 3.63) is 12.2 Å². The molecule has 0 amide bonds. The van der Waals surface area contributed by atoms with Gasteiger partial charge in [-0.25, -0.2) is 0 Å². The summed E-state index contributed by atoms with van der Waals surface area (Å²) in [4.78, 5) is 0. The molecule has 0 aromatic heterocycles. The van der Waals surface area contributed by atoms with Gasteiger partial charge in [0.25, 0.3) is 0 Å². The van der Waals surface area contributed by atoms with E-state index in [4.69, 9.17) is 16.2 Å². The second kappa shape index (κ2) is 28.3. The summed E-state index contributed by atoms with van der Waals surface area (Å²) >= 11 is 0. The van der Waals surface area contributed by atoms with Crippen molar-refractivity contribution in [2.75, 3.05) is 19.1 Å². The molecular formula is C28H59BO3S. The van der Waals surface area contributed by atoms with Crippen LogP contribution in [0.2, 0.25) is 6.32 Å². The van der Waals surface area contributed by atoms with Gasteiger partial charge in [-0.1, -0.05) is 110 Å². The molecule has 1 atom stereocenters. The zero-order valence-corrected chi connectivity index (χ0v) is 23.9. The topological polar surface area (TPSA) is 38.7 Å². The maximum atomic E-state index is 10.2. The number of hydrogen-bond acceptors (Lipinski definition) is 3. The third-order valence-corrected chi connectivity index (χ3v) is 6.94. The Kier molecular flexibility index (Phi) is 30.2. The molecule has 0 saturated heterocycles. The molecule has 0 spiro atoms. The van der Waals surface area contributed by atoms with E-state index >= 15 is 0 Å². The lowest BCUT2D eigenvalue weighted by molar-refractivity contribution is -0.0221. The van der Waals surface area contributed by atoms with Gasteiger partial charge in [-0.05, 0) is 38.5 Å². The van der Waals surface area contributed by atoms with E-state index in [0.29, 0.717) is 13.0 Å². The molecular weight excluding hydrogens is 427 g/mol. The molecule has 0 saturated carbocycles. The third-order valence-electron chi connectivity index (χ3n) is 5.52. The fourth-order valence-electron chi connectivity index (χ4n) is 3.59. The molecule has 0 bridgehead atoms. The summed E-state index contributed by atoms with van der Waals surface area (Å²) in [6.07, 6.45) is 30.6. The fraction of sp³-hybridized carbons (Fsp3) is 0.929. The molecule has 0 fully saturated rings. The maximum absolute atomic E-state index is 10.2. The highest BCUT2D eigenvalue weighted by molar-refractivity contribution is 8.24.